The molecule has 0 saturated heterocycles. The lowest BCUT2D eigenvalue weighted by atomic mass is 10.1. The van der Waals surface area contributed by atoms with E-state index in [1.165, 1.54) is 12.3 Å². The molecule has 4 rings (SSSR count). The summed E-state index contributed by atoms with van der Waals surface area (Å²) >= 11 is 19.1. The molecule has 4 aromatic carbocycles. The van der Waals surface area contributed by atoms with Gasteiger partial charge in [-0.05, 0) is 82.0 Å². The monoisotopic (exact) mass is 775 g/mol. The number of amides is 2. The van der Waals surface area contributed by atoms with Crippen LogP contribution in [0.1, 0.15) is 23.6 Å². The summed E-state index contributed by atoms with van der Waals surface area (Å²) in [5, 5.41) is 7.60. The van der Waals surface area contributed by atoms with E-state index in [9.17, 15) is 9.59 Å². The first kappa shape index (κ1) is 34.3. The SMILES string of the molecule is COc1cc(/C=N\NC(=O)[C@H](Cc2ccccc2)NC(=O)[C@@H](C)Oc2ccc(Cl)cc2Cl)cc(Br)c1OCc1ccc(Br)cc1. The van der Waals surface area contributed by atoms with Gasteiger partial charge in [-0.1, -0.05) is 81.6 Å². The molecule has 0 radical (unpaired) electrons. The van der Waals surface area contributed by atoms with Crippen molar-refractivity contribution in [3.05, 3.63) is 121 Å². The Morgan fingerprint density at radius 1 is 0.911 bits per heavy atom. The molecule has 0 bridgehead atoms. The molecule has 0 saturated carbocycles. The summed E-state index contributed by atoms with van der Waals surface area (Å²) in [6, 6.07) is 24.4. The molecular formula is C33H29Br2Cl2N3O5. The van der Waals surface area contributed by atoms with Gasteiger partial charge in [0, 0.05) is 15.9 Å². The summed E-state index contributed by atoms with van der Waals surface area (Å²) in [5.41, 5.74) is 5.01. The van der Waals surface area contributed by atoms with Gasteiger partial charge in [0.2, 0.25) is 0 Å². The molecule has 45 heavy (non-hydrogen) atoms. The molecule has 12 heteroatoms. The van der Waals surface area contributed by atoms with Crippen molar-refractivity contribution in [3.63, 3.8) is 0 Å². The third kappa shape index (κ3) is 10.2. The topological polar surface area (TPSA) is 98.2 Å². The van der Waals surface area contributed by atoms with E-state index in [0.717, 1.165) is 15.6 Å². The van der Waals surface area contributed by atoms with Crippen molar-refractivity contribution in [3.8, 4) is 17.2 Å². The summed E-state index contributed by atoms with van der Waals surface area (Å²) < 4.78 is 18.9. The number of ether oxygens (including phenoxy) is 3. The Morgan fingerprint density at radius 2 is 1.64 bits per heavy atom. The lowest BCUT2D eigenvalue weighted by Crippen LogP contribution is -2.50. The number of hydrogen-bond donors (Lipinski definition) is 2. The van der Waals surface area contributed by atoms with Crippen LogP contribution in [0, 0.1) is 0 Å². The van der Waals surface area contributed by atoms with Crippen molar-refractivity contribution in [2.75, 3.05) is 7.11 Å². The highest BCUT2D eigenvalue weighted by Crippen LogP contribution is 2.37. The largest absolute Gasteiger partial charge is 0.493 e. The number of rotatable bonds is 13. The molecular weight excluding hydrogens is 749 g/mol. The van der Waals surface area contributed by atoms with Gasteiger partial charge in [-0.25, -0.2) is 5.43 Å². The molecule has 0 heterocycles. The fraction of sp³-hybridized carbons (Fsp3) is 0.182. The predicted octanol–water partition coefficient (Wildman–Crippen LogP) is 7.75. The average molecular weight is 778 g/mol. The second-order valence-corrected chi connectivity index (χ2v) is 12.4. The van der Waals surface area contributed by atoms with E-state index in [1.54, 1.807) is 38.3 Å². The number of hydrogen-bond acceptors (Lipinski definition) is 6. The number of carbonyl (C=O) groups excluding carboxylic acids is 2. The fourth-order valence-electron chi connectivity index (χ4n) is 4.10. The maximum absolute atomic E-state index is 13.3. The Balaban J connectivity index is 1.43. The summed E-state index contributed by atoms with van der Waals surface area (Å²) in [6.45, 7) is 1.91. The number of halogens is 4. The minimum Gasteiger partial charge on any atom is -0.493 e. The Kier molecular flexibility index (Phi) is 12.7. The predicted molar refractivity (Wildman–Crippen MR) is 184 cm³/mol. The number of methoxy groups -OCH3 is 1. The molecule has 0 aliphatic rings. The minimum atomic E-state index is -0.951. The number of hydrazone groups is 1. The molecule has 2 amide bonds. The Morgan fingerprint density at radius 3 is 2.33 bits per heavy atom. The zero-order valence-corrected chi connectivity index (χ0v) is 28.9. The van der Waals surface area contributed by atoms with Crippen molar-refractivity contribution in [1.82, 2.24) is 10.7 Å². The Labute approximate surface area is 288 Å². The van der Waals surface area contributed by atoms with E-state index < -0.39 is 24.0 Å². The quantitative estimate of drug-likeness (QED) is 0.107. The zero-order chi connectivity index (χ0) is 32.3. The van der Waals surface area contributed by atoms with Crippen LogP contribution in [0.15, 0.2) is 99.0 Å². The van der Waals surface area contributed by atoms with Crippen molar-refractivity contribution in [2.24, 2.45) is 5.10 Å². The molecule has 0 fully saturated rings. The summed E-state index contributed by atoms with van der Waals surface area (Å²) in [4.78, 5) is 26.3. The van der Waals surface area contributed by atoms with Gasteiger partial charge < -0.3 is 19.5 Å². The maximum Gasteiger partial charge on any atom is 0.262 e. The fourth-order valence-corrected chi connectivity index (χ4v) is 5.39. The van der Waals surface area contributed by atoms with Gasteiger partial charge in [0.25, 0.3) is 11.8 Å². The van der Waals surface area contributed by atoms with E-state index in [1.807, 2.05) is 54.6 Å². The normalized spacial score (nSPS) is 12.3. The first-order chi connectivity index (χ1) is 21.6. The van der Waals surface area contributed by atoms with Crippen LogP contribution < -0.4 is 25.0 Å². The van der Waals surface area contributed by atoms with E-state index in [0.29, 0.717) is 38.9 Å². The zero-order valence-electron chi connectivity index (χ0n) is 24.2. The molecule has 8 nitrogen and oxygen atoms in total. The van der Waals surface area contributed by atoms with E-state index in [2.05, 4.69) is 47.7 Å². The molecule has 0 aliphatic carbocycles. The van der Waals surface area contributed by atoms with E-state index in [-0.39, 0.29) is 11.4 Å². The summed E-state index contributed by atoms with van der Waals surface area (Å²) in [6.07, 6.45) is 0.749. The smallest absolute Gasteiger partial charge is 0.262 e. The van der Waals surface area contributed by atoms with Crippen molar-refractivity contribution >= 4 is 73.1 Å². The van der Waals surface area contributed by atoms with E-state index in [4.69, 9.17) is 37.4 Å². The molecule has 2 atom stereocenters. The number of nitrogens with zero attached hydrogens (tertiary/aromatic N) is 1. The molecule has 4 aromatic rings. The van der Waals surface area contributed by atoms with Crippen LogP contribution in [0.5, 0.6) is 17.2 Å². The number of benzene rings is 4. The van der Waals surface area contributed by atoms with Crippen LogP contribution in [0.3, 0.4) is 0 Å². The molecule has 0 spiro atoms. The highest BCUT2D eigenvalue weighted by atomic mass is 79.9. The van der Waals surface area contributed by atoms with Crippen LogP contribution >= 0.6 is 55.1 Å². The van der Waals surface area contributed by atoms with Gasteiger partial charge in [0.1, 0.15) is 18.4 Å². The van der Waals surface area contributed by atoms with Crippen LogP contribution in [0.2, 0.25) is 10.0 Å². The van der Waals surface area contributed by atoms with Crippen LogP contribution in [-0.4, -0.2) is 37.3 Å². The standard InChI is InChI=1S/C33H29Br2Cl2N3O5/c1-20(45-29-13-12-25(36)17-27(29)37)32(41)39-28(15-21-6-4-3-5-7-21)33(42)40-38-18-23-14-26(35)31(30(16-23)43-2)44-19-22-8-10-24(34)11-9-22/h3-14,16-18,20,28H,15,19H2,1-2H3,(H,39,41)(H,40,42)/b38-18-/t20-,28+/m1/s1. The number of carbonyl (C=O) groups is 2. The Hall–Kier alpha value is -3.57. The van der Waals surface area contributed by atoms with Gasteiger partial charge in [-0.2, -0.15) is 5.10 Å². The highest BCUT2D eigenvalue weighted by Gasteiger charge is 2.25. The third-order valence-corrected chi connectivity index (χ3v) is 8.07. The second kappa shape index (κ2) is 16.7. The third-order valence-electron chi connectivity index (χ3n) is 6.42. The van der Waals surface area contributed by atoms with E-state index >= 15 is 0 Å². The molecule has 0 aliphatic heterocycles. The lowest BCUT2D eigenvalue weighted by Gasteiger charge is -2.21. The van der Waals surface area contributed by atoms with Gasteiger partial charge in [0.15, 0.2) is 17.6 Å². The maximum atomic E-state index is 13.3. The number of nitrogens with one attached hydrogen (secondary N) is 2. The molecule has 2 N–H and O–H groups in total. The van der Waals surface area contributed by atoms with Crippen LogP contribution in [0.25, 0.3) is 0 Å². The van der Waals surface area contributed by atoms with Gasteiger partial charge in [0.05, 0.1) is 22.8 Å². The van der Waals surface area contributed by atoms with Gasteiger partial charge in [-0.3, -0.25) is 9.59 Å². The summed E-state index contributed by atoms with van der Waals surface area (Å²) in [7, 11) is 1.54. The lowest BCUT2D eigenvalue weighted by molar-refractivity contribution is -0.132. The first-order valence-corrected chi connectivity index (χ1v) is 16.0. The van der Waals surface area contributed by atoms with Gasteiger partial charge in [-0.15, -0.1) is 0 Å². The Bertz CT molecular complexity index is 1660. The second-order valence-electron chi connectivity index (χ2n) is 9.77. The van der Waals surface area contributed by atoms with Crippen molar-refractivity contribution in [2.45, 2.75) is 32.1 Å². The van der Waals surface area contributed by atoms with Crippen LogP contribution in [0.4, 0.5) is 0 Å². The average Bonchev–Trinajstić information content (AvgIpc) is 3.02. The van der Waals surface area contributed by atoms with Crippen LogP contribution in [-0.2, 0) is 22.6 Å². The molecule has 0 unspecified atom stereocenters. The van der Waals surface area contributed by atoms with Crippen molar-refractivity contribution < 1.29 is 23.8 Å². The minimum absolute atomic E-state index is 0.228. The first-order valence-electron chi connectivity index (χ1n) is 13.7. The van der Waals surface area contributed by atoms with Crippen molar-refractivity contribution in [1.29, 1.82) is 0 Å². The summed E-state index contributed by atoms with van der Waals surface area (Å²) in [5.74, 6) is 0.291. The molecule has 234 valence electrons. The highest BCUT2D eigenvalue weighted by molar-refractivity contribution is 9.10. The van der Waals surface area contributed by atoms with Gasteiger partial charge >= 0.3 is 0 Å². The molecule has 0 aromatic heterocycles.